The summed E-state index contributed by atoms with van der Waals surface area (Å²) < 4.78 is 19.4. The molecule has 1 fully saturated rings. The molecule has 0 spiro atoms. The standard InChI is InChI=1S/C24H19FIN7O3/c1-11-20-19(21(31(2)22(11)34)27-16-7-3-12(26)9-15(16)25)23(35)33(13-4-5-13)24(36)32(20)14-6-8-17-18(10-14)29-30-28-17/h3,6-10,13,27H,4-5H2,1-2H3,(H,28,29,30). The fourth-order valence-corrected chi connectivity index (χ4v) is 4.99. The van der Waals surface area contributed by atoms with E-state index in [1.165, 1.54) is 26.8 Å². The molecule has 1 saturated carbocycles. The molecule has 2 N–H and O–H groups in total. The summed E-state index contributed by atoms with van der Waals surface area (Å²) in [7, 11) is 1.51. The van der Waals surface area contributed by atoms with Crippen LogP contribution in [0.1, 0.15) is 24.4 Å². The summed E-state index contributed by atoms with van der Waals surface area (Å²) >= 11 is 2.00. The summed E-state index contributed by atoms with van der Waals surface area (Å²) in [5, 5.41) is 13.8. The van der Waals surface area contributed by atoms with E-state index in [4.69, 9.17) is 0 Å². The van der Waals surface area contributed by atoms with Gasteiger partial charge in [-0.05, 0) is 78.8 Å². The van der Waals surface area contributed by atoms with Gasteiger partial charge in [0.1, 0.15) is 28.1 Å². The van der Waals surface area contributed by atoms with Crippen LogP contribution in [0.15, 0.2) is 50.8 Å². The van der Waals surface area contributed by atoms with Gasteiger partial charge in [-0.15, -0.1) is 0 Å². The monoisotopic (exact) mass is 599 g/mol. The van der Waals surface area contributed by atoms with Crippen LogP contribution >= 0.6 is 22.6 Å². The minimum absolute atomic E-state index is 0.106. The molecule has 3 heterocycles. The molecule has 1 aliphatic rings. The molecule has 0 aliphatic heterocycles. The molecule has 182 valence electrons. The Hall–Kier alpha value is -3.81. The van der Waals surface area contributed by atoms with Crippen molar-refractivity contribution in [2.75, 3.05) is 5.32 Å². The van der Waals surface area contributed by atoms with Crippen LogP contribution in [-0.4, -0.2) is 29.1 Å². The Kier molecular flexibility index (Phi) is 5.10. The lowest BCUT2D eigenvalue weighted by Crippen LogP contribution is -2.41. The summed E-state index contributed by atoms with van der Waals surface area (Å²) in [6.45, 7) is 1.57. The van der Waals surface area contributed by atoms with Crippen LogP contribution in [0.3, 0.4) is 0 Å². The van der Waals surface area contributed by atoms with Crippen LogP contribution in [0.2, 0.25) is 0 Å². The average molecular weight is 599 g/mol. The van der Waals surface area contributed by atoms with E-state index in [1.807, 2.05) is 22.6 Å². The highest BCUT2D eigenvalue weighted by atomic mass is 127. The Labute approximate surface area is 215 Å². The van der Waals surface area contributed by atoms with Crippen molar-refractivity contribution in [3.63, 3.8) is 0 Å². The molecule has 0 unspecified atom stereocenters. The van der Waals surface area contributed by atoms with Gasteiger partial charge in [-0.25, -0.2) is 9.18 Å². The number of halogens is 2. The van der Waals surface area contributed by atoms with Crippen molar-refractivity contribution in [3.05, 3.63) is 82.5 Å². The summed E-state index contributed by atoms with van der Waals surface area (Å²) in [5.41, 5.74) is 0.575. The Bertz CT molecular complexity index is 1900. The van der Waals surface area contributed by atoms with Gasteiger partial charge in [0.25, 0.3) is 11.1 Å². The number of aromatic nitrogens is 6. The SMILES string of the molecule is Cc1c(=O)n(C)c(Nc2ccc(I)cc2F)c2c(=O)n(C3CC3)c(=O)n(-c3ccc4n[nH]nc4c3)c12. The number of aryl methyl sites for hydroxylation is 1. The number of nitrogens with zero attached hydrogens (tertiary/aromatic N) is 5. The van der Waals surface area contributed by atoms with Crippen molar-refractivity contribution in [1.29, 1.82) is 0 Å². The van der Waals surface area contributed by atoms with Gasteiger partial charge >= 0.3 is 5.69 Å². The Morgan fingerprint density at radius 2 is 1.81 bits per heavy atom. The van der Waals surface area contributed by atoms with Gasteiger partial charge < -0.3 is 5.32 Å². The van der Waals surface area contributed by atoms with Crippen molar-refractivity contribution in [2.24, 2.45) is 7.05 Å². The Morgan fingerprint density at radius 1 is 1.06 bits per heavy atom. The highest BCUT2D eigenvalue weighted by Gasteiger charge is 2.31. The first-order valence-corrected chi connectivity index (χ1v) is 12.3. The summed E-state index contributed by atoms with van der Waals surface area (Å²) in [5.74, 6) is -0.424. The first-order valence-electron chi connectivity index (χ1n) is 11.2. The van der Waals surface area contributed by atoms with Crippen LogP contribution < -0.4 is 22.1 Å². The average Bonchev–Trinajstić information content (AvgIpc) is 3.57. The van der Waals surface area contributed by atoms with Gasteiger partial charge in [-0.1, -0.05) is 0 Å². The molecule has 0 bridgehead atoms. The predicted molar refractivity (Wildman–Crippen MR) is 142 cm³/mol. The molecule has 12 heteroatoms. The molecular formula is C24H19FIN7O3. The zero-order valence-electron chi connectivity index (χ0n) is 19.2. The second kappa shape index (κ2) is 8.11. The number of fused-ring (bicyclic) bond motifs is 2. The third-order valence-electron chi connectivity index (χ3n) is 6.50. The van der Waals surface area contributed by atoms with Gasteiger partial charge in [0.2, 0.25) is 0 Å². The van der Waals surface area contributed by atoms with Gasteiger partial charge in [0.05, 0.1) is 16.9 Å². The van der Waals surface area contributed by atoms with E-state index in [0.717, 1.165) is 0 Å². The smallest absolute Gasteiger partial charge is 0.336 e. The van der Waals surface area contributed by atoms with Gasteiger partial charge in [0, 0.05) is 22.2 Å². The molecule has 6 rings (SSSR count). The fourth-order valence-electron chi connectivity index (χ4n) is 4.54. The molecule has 0 radical (unpaired) electrons. The Morgan fingerprint density at radius 3 is 2.53 bits per heavy atom. The van der Waals surface area contributed by atoms with Crippen LogP contribution in [0.4, 0.5) is 15.9 Å². The summed E-state index contributed by atoms with van der Waals surface area (Å²) in [6, 6.07) is 9.43. The molecule has 2 aromatic carbocycles. The van der Waals surface area contributed by atoms with Crippen LogP contribution in [-0.2, 0) is 7.05 Å². The third-order valence-corrected chi connectivity index (χ3v) is 7.17. The number of nitrogens with one attached hydrogen (secondary N) is 2. The van der Waals surface area contributed by atoms with Crippen LogP contribution in [0, 0.1) is 16.3 Å². The lowest BCUT2D eigenvalue weighted by Gasteiger charge is -2.20. The number of anilines is 2. The maximum Gasteiger partial charge on any atom is 0.336 e. The third kappa shape index (κ3) is 3.38. The van der Waals surface area contributed by atoms with E-state index in [2.05, 4.69) is 20.7 Å². The second-order valence-corrected chi connectivity index (χ2v) is 10.1. The zero-order valence-corrected chi connectivity index (χ0v) is 21.3. The minimum atomic E-state index is -0.541. The van der Waals surface area contributed by atoms with Crippen molar-refractivity contribution in [1.82, 2.24) is 29.1 Å². The maximum atomic E-state index is 14.8. The molecular weight excluding hydrogens is 580 g/mol. The molecule has 0 amide bonds. The van der Waals surface area contributed by atoms with E-state index in [9.17, 15) is 18.8 Å². The normalized spacial score (nSPS) is 13.6. The van der Waals surface area contributed by atoms with Crippen molar-refractivity contribution >= 4 is 56.0 Å². The van der Waals surface area contributed by atoms with E-state index >= 15 is 0 Å². The van der Waals surface area contributed by atoms with Gasteiger partial charge in [0.15, 0.2) is 0 Å². The number of rotatable bonds is 4. The van der Waals surface area contributed by atoms with E-state index in [0.29, 0.717) is 33.1 Å². The Balaban J connectivity index is 1.76. The summed E-state index contributed by atoms with van der Waals surface area (Å²) in [4.78, 5) is 40.9. The topological polar surface area (TPSA) is 120 Å². The van der Waals surface area contributed by atoms with Gasteiger partial charge in [-0.2, -0.15) is 15.4 Å². The molecule has 0 saturated heterocycles. The maximum absolute atomic E-state index is 14.8. The molecule has 36 heavy (non-hydrogen) atoms. The number of aromatic amines is 1. The quantitative estimate of drug-likeness (QED) is 0.306. The highest BCUT2D eigenvalue weighted by molar-refractivity contribution is 14.1. The predicted octanol–water partition coefficient (Wildman–Crippen LogP) is 3.25. The van der Waals surface area contributed by atoms with E-state index < -0.39 is 22.6 Å². The second-order valence-electron chi connectivity index (χ2n) is 8.83. The lowest BCUT2D eigenvalue weighted by atomic mass is 10.1. The fraction of sp³-hybridized carbons (Fsp3) is 0.208. The first kappa shape index (κ1) is 22.6. The molecule has 5 aromatic rings. The van der Waals surface area contributed by atoms with E-state index in [-0.39, 0.29) is 34.0 Å². The first-order chi connectivity index (χ1) is 17.3. The molecule has 0 atom stereocenters. The number of benzene rings is 2. The van der Waals surface area contributed by atoms with Crippen molar-refractivity contribution in [3.8, 4) is 5.69 Å². The van der Waals surface area contributed by atoms with Crippen molar-refractivity contribution < 1.29 is 4.39 Å². The zero-order chi connectivity index (χ0) is 25.3. The van der Waals surface area contributed by atoms with E-state index in [1.54, 1.807) is 37.3 Å². The molecule has 1 aliphatic carbocycles. The van der Waals surface area contributed by atoms with Crippen molar-refractivity contribution in [2.45, 2.75) is 25.8 Å². The molecule has 3 aromatic heterocycles. The largest absolute Gasteiger partial charge is 0.338 e. The lowest BCUT2D eigenvalue weighted by molar-refractivity contribution is 0.630. The highest BCUT2D eigenvalue weighted by Crippen LogP contribution is 2.34. The molecule has 10 nitrogen and oxygen atoms in total. The van der Waals surface area contributed by atoms with Crippen LogP contribution in [0.5, 0.6) is 0 Å². The van der Waals surface area contributed by atoms with Crippen LogP contribution in [0.25, 0.3) is 27.6 Å². The minimum Gasteiger partial charge on any atom is -0.338 e. The number of pyridine rings is 1. The summed E-state index contributed by atoms with van der Waals surface area (Å²) in [6.07, 6.45) is 1.39. The number of hydrogen-bond donors (Lipinski definition) is 2. The number of H-pyrrole nitrogens is 1. The van der Waals surface area contributed by atoms with Gasteiger partial charge in [-0.3, -0.25) is 23.3 Å². The number of hydrogen-bond acceptors (Lipinski definition) is 6.